The molecule has 0 spiro atoms. The van der Waals surface area contributed by atoms with E-state index < -0.39 is 0 Å². The van der Waals surface area contributed by atoms with E-state index >= 15 is 0 Å². The number of hydrogen-bond donors (Lipinski definition) is 1. The van der Waals surface area contributed by atoms with Crippen LogP contribution in [-0.4, -0.2) is 5.91 Å². The number of rotatable bonds is 2. The lowest BCUT2D eigenvalue weighted by Crippen LogP contribution is -2.13. The van der Waals surface area contributed by atoms with Gasteiger partial charge in [-0.1, -0.05) is 6.07 Å². The van der Waals surface area contributed by atoms with E-state index in [1.54, 1.807) is 6.26 Å². The first kappa shape index (κ1) is 9.77. The monoisotopic (exact) mass is 203 g/mol. The third-order valence-electron chi connectivity index (χ3n) is 2.46. The van der Waals surface area contributed by atoms with Crippen molar-refractivity contribution >= 4 is 16.9 Å². The van der Waals surface area contributed by atoms with E-state index in [0.29, 0.717) is 0 Å². The zero-order valence-electron chi connectivity index (χ0n) is 8.83. The van der Waals surface area contributed by atoms with Gasteiger partial charge in [0, 0.05) is 10.9 Å². The van der Waals surface area contributed by atoms with Crippen molar-refractivity contribution in [1.29, 1.82) is 0 Å². The van der Waals surface area contributed by atoms with Crippen molar-refractivity contribution in [2.75, 3.05) is 0 Å². The average molecular weight is 203 g/mol. The second kappa shape index (κ2) is 3.42. The molecule has 1 amide bonds. The minimum absolute atomic E-state index is 0.233. The number of primary amides is 1. The molecule has 0 aliphatic rings. The second-order valence-corrected chi connectivity index (χ2v) is 3.86. The summed E-state index contributed by atoms with van der Waals surface area (Å²) in [7, 11) is 0. The molecule has 0 saturated carbocycles. The highest BCUT2D eigenvalue weighted by Gasteiger charge is 2.10. The summed E-state index contributed by atoms with van der Waals surface area (Å²) in [6, 6.07) is 4.04. The summed E-state index contributed by atoms with van der Waals surface area (Å²) in [5, 5.41) is 1.01. The van der Waals surface area contributed by atoms with Gasteiger partial charge in [0.05, 0.1) is 12.7 Å². The second-order valence-electron chi connectivity index (χ2n) is 3.86. The number of carbonyl (C=O) groups excluding carboxylic acids is 1. The van der Waals surface area contributed by atoms with Crippen LogP contribution in [0, 0.1) is 13.8 Å². The number of fused-ring (bicyclic) bond motifs is 1. The Labute approximate surface area is 87.9 Å². The lowest BCUT2D eigenvalue weighted by molar-refractivity contribution is -0.117. The first-order chi connectivity index (χ1) is 7.08. The van der Waals surface area contributed by atoms with E-state index in [0.717, 1.165) is 27.7 Å². The summed E-state index contributed by atoms with van der Waals surface area (Å²) in [5.41, 5.74) is 9.14. The Morgan fingerprint density at radius 1 is 1.40 bits per heavy atom. The van der Waals surface area contributed by atoms with Crippen LogP contribution in [0.25, 0.3) is 11.0 Å². The number of furan rings is 1. The summed E-state index contributed by atoms with van der Waals surface area (Å²) in [5.74, 6) is -0.335. The van der Waals surface area contributed by atoms with Gasteiger partial charge in [-0.2, -0.15) is 0 Å². The van der Waals surface area contributed by atoms with Crippen molar-refractivity contribution in [3.8, 4) is 0 Å². The number of hydrogen-bond acceptors (Lipinski definition) is 2. The maximum absolute atomic E-state index is 10.9. The first-order valence-corrected chi connectivity index (χ1v) is 4.83. The van der Waals surface area contributed by atoms with Gasteiger partial charge in [0.2, 0.25) is 5.91 Å². The Hall–Kier alpha value is -1.77. The van der Waals surface area contributed by atoms with Gasteiger partial charge in [0.15, 0.2) is 0 Å². The highest BCUT2D eigenvalue weighted by molar-refractivity contribution is 5.89. The van der Waals surface area contributed by atoms with Crippen LogP contribution < -0.4 is 5.73 Å². The SMILES string of the molecule is Cc1cc(C)c2c(CC(N)=O)coc2c1. The Bertz CT molecular complexity index is 526. The normalized spacial score (nSPS) is 10.8. The van der Waals surface area contributed by atoms with Gasteiger partial charge in [0.25, 0.3) is 0 Å². The van der Waals surface area contributed by atoms with Crippen molar-refractivity contribution in [3.63, 3.8) is 0 Å². The van der Waals surface area contributed by atoms with Crippen LogP contribution in [0.2, 0.25) is 0 Å². The fourth-order valence-corrected chi connectivity index (χ4v) is 1.94. The van der Waals surface area contributed by atoms with Gasteiger partial charge in [-0.3, -0.25) is 4.79 Å². The maximum Gasteiger partial charge on any atom is 0.221 e. The van der Waals surface area contributed by atoms with Crippen molar-refractivity contribution in [2.45, 2.75) is 20.3 Å². The van der Waals surface area contributed by atoms with Gasteiger partial charge in [0.1, 0.15) is 5.58 Å². The molecule has 3 heteroatoms. The third-order valence-corrected chi connectivity index (χ3v) is 2.46. The Kier molecular flexibility index (Phi) is 2.23. The number of aryl methyl sites for hydroxylation is 2. The minimum atomic E-state index is -0.335. The molecule has 0 aliphatic heterocycles. The van der Waals surface area contributed by atoms with Crippen molar-refractivity contribution in [1.82, 2.24) is 0 Å². The Balaban J connectivity index is 2.63. The van der Waals surface area contributed by atoms with E-state index in [-0.39, 0.29) is 12.3 Å². The van der Waals surface area contributed by atoms with E-state index in [2.05, 4.69) is 6.07 Å². The molecule has 2 rings (SSSR count). The predicted molar refractivity (Wildman–Crippen MR) is 58.6 cm³/mol. The summed E-state index contributed by atoms with van der Waals surface area (Å²) in [6.45, 7) is 4.03. The van der Waals surface area contributed by atoms with Crippen molar-refractivity contribution < 1.29 is 9.21 Å². The number of carbonyl (C=O) groups is 1. The average Bonchev–Trinajstić information content (AvgIpc) is 2.46. The fourth-order valence-electron chi connectivity index (χ4n) is 1.94. The first-order valence-electron chi connectivity index (χ1n) is 4.83. The van der Waals surface area contributed by atoms with Crippen LogP contribution in [-0.2, 0) is 11.2 Å². The molecule has 0 unspecified atom stereocenters. The highest BCUT2D eigenvalue weighted by atomic mass is 16.3. The molecule has 3 nitrogen and oxygen atoms in total. The van der Waals surface area contributed by atoms with Gasteiger partial charge >= 0.3 is 0 Å². The molecule has 2 aromatic rings. The van der Waals surface area contributed by atoms with Crippen molar-refractivity contribution in [2.24, 2.45) is 5.73 Å². The zero-order chi connectivity index (χ0) is 11.0. The predicted octanol–water partition coefficient (Wildman–Crippen LogP) is 2.08. The van der Waals surface area contributed by atoms with Gasteiger partial charge < -0.3 is 10.2 Å². The topological polar surface area (TPSA) is 56.2 Å². The van der Waals surface area contributed by atoms with E-state index in [9.17, 15) is 4.79 Å². The molecular weight excluding hydrogens is 190 g/mol. The zero-order valence-corrected chi connectivity index (χ0v) is 8.83. The van der Waals surface area contributed by atoms with E-state index in [4.69, 9.17) is 10.2 Å². The standard InChI is InChI=1S/C12H13NO2/c1-7-3-8(2)12-9(5-11(13)14)6-15-10(12)4-7/h3-4,6H,5H2,1-2H3,(H2,13,14). The molecule has 0 aliphatic carbocycles. The number of nitrogens with two attached hydrogens (primary N) is 1. The van der Waals surface area contributed by atoms with Crippen LogP contribution >= 0.6 is 0 Å². The molecule has 0 radical (unpaired) electrons. The van der Waals surface area contributed by atoms with Crippen LogP contribution in [0.4, 0.5) is 0 Å². The third kappa shape index (κ3) is 1.73. The van der Waals surface area contributed by atoms with Crippen LogP contribution in [0.1, 0.15) is 16.7 Å². The molecule has 0 saturated heterocycles. The smallest absolute Gasteiger partial charge is 0.221 e. The molecule has 1 aromatic heterocycles. The molecule has 1 heterocycles. The largest absolute Gasteiger partial charge is 0.464 e. The fraction of sp³-hybridized carbons (Fsp3) is 0.250. The van der Waals surface area contributed by atoms with Gasteiger partial charge in [-0.15, -0.1) is 0 Å². The molecule has 1 aromatic carbocycles. The van der Waals surface area contributed by atoms with E-state index in [1.165, 1.54) is 0 Å². The Morgan fingerprint density at radius 2 is 2.13 bits per heavy atom. The number of amides is 1. The quantitative estimate of drug-likeness (QED) is 0.812. The summed E-state index contributed by atoms with van der Waals surface area (Å²) in [6.07, 6.45) is 1.85. The molecule has 15 heavy (non-hydrogen) atoms. The van der Waals surface area contributed by atoms with Gasteiger partial charge in [-0.05, 0) is 31.0 Å². The maximum atomic E-state index is 10.9. The number of benzene rings is 1. The van der Waals surface area contributed by atoms with Crippen LogP contribution in [0.3, 0.4) is 0 Å². The minimum Gasteiger partial charge on any atom is -0.464 e. The van der Waals surface area contributed by atoms with Crippen LogP contribution in [0.5, 0.6) is 0 Å². The summed E-state index contributed by atoms with van der Waals surface area (Å²) < 4.78 is 5.40. The van der Waals surface area contributed by atoms with Crippen LogP contribution in [0.15, 0.2) is 22.8 Å². The lowest BCUT2D eigenvalue weighted by Gasteiger charge is -2.00. The molecule has 2 N–H and O–H groups in total. The lowest BCUT2D eigenvalue weighted by atomic mass is 10.0. The highest BCUT2D eigenvalue weighted by Crippen LogP contribution is 2.26. The van der Waals surface area contributed by atoms with E-state index in [1.807, 2.05) is 19.9 Å². The summed E-state index contributed by atoms with van der Waals surface area (Å²) in [4.78, 5) is 10.9. The molecule has 0 bridgehead atoms. The van der Waals surface area contributed by atoms with Gasteiger partial charge in [-0.25, -0.2) is 0 Å². The Morgan fingerprint density at radius 3 is 2.80 bits per heavy atom. The molecule has 0 fully saturated rings. The van der Waals surface area contributed by atoms with Crippen molar-refractivity contribution in [3.05, 3.63) is 35.1 Å². The molecule has 78 valence electrons. The molecule has 0 atom stereocenters. The molecular formula is C12H13NO2. The summed E-state index contributed by atoms with van der Waals surface area (Å²) >= 11 is 0.